The molecular weight excluding hydrogens is 281 g/mol. The standard InChI is InChI=1S/C9H8INO2/c1-6(13)11-9-3-2-7(5-12)4-8(9)10/h2-5H,1H3,(H,11,13). The molecule has 1 aromatic rings. The summed E-state index contributed by atoms with van der Waals surface area (Å²) in [5, 5.41) is 2.66. The van der Waals surface area contributed by atoms with Gasteiger partial charge in [0, 0.05) is 16.1 Å². The molecule has 1 rings (SSSR count). The topological polar surface area (TPSA) is 46.2 Å². The van der Waals surface area contributed by atoms with Crippen LogP contribution in [0.25, 0.3) is 0 Å². The third-order valence-electron chi connectivity index (χ3n) is 1.44. The number of nitrogens with one attached hydrogen (secondary N) is 1. The van der Waals surface area contributed by atoms with Gasteiger partial charge in [0.25, 0.3) is 0 Å². The minimum absolute atomic E-state index is 0.114. The molecule has 0 saturated carbocycles. The van der Waals surface area contributed by atoms with E-state index < -0.39 is 0 Å². The number of carbonyl (C=O) groups is 2. The number of anilines is 1. The molecule has 0 bridgehead atoms. The van der Waals surface area contributed by atoms with Crippen molar-refractivity contribution < 1.29 is 9.59 Å². The molecule has 0 radical (unpaired) electrons. The van der Waals surface area contributed by atoms with Gasteiger partial charge in [0.1, 0.15) is 6.29 Å². The Hall–Kier alpha value is -0.910. The quantitative estimate of drug-likeness (QED) is 0.669. The molecule has 0 aliphatic carbocycles. The van der Waals surface area contributed by atoms with E-state index in [1.165, 1.54) is 6.92 Å². The summed E-state index contributed by atoms with van der Waals surface area (Å²) in [6.45, 7) is 1.45. The van der Waals surface area contributed by atoms with Gasteiger partial charge in [-0.25, -0.2) is 0 Å². The van der Waals surface area contributed by atoms with Crippen molar-refractivity contribution in [2.24, 2.45) is 0 Å². The monoisotopic (exact) mass is 289 g/mol. The highest BCUT2D eigenvalue weighted by atomic mass is 127. The third kappa shape index (κ3) is 2.80. The Morgan fingerprint density at radius 2 is 2.23 bits per heavy atom. The van der Waals surface area contributed by atoms with Crippen LogP contribution in [0.4, 0.5) is 5.69 Å². The molecule has 1 aromatic carbocycles. The van der Waals surface area contributed by atoms with E-state index in [1.807, 2.05) is 0 Å². The summed E-state index contributed by atoms with van der Waals surface area (Å²) in [7, 11) is 0. The van der Waals surface area contributed by atoms with Gasteiger partial charge in [0.15, 0.2) is 0 Å². The number of carbonyl (C=O) groups excluding carboxylic acids is 2. The molecule has 0 aromatic heterocycles. The first-order valence-corrected chi connectivity index (χ1v) is 4.73. The van der Waals surface area contributed by atoms with Gasteiger partial charge in [-0.1, -0.05) is 0 Å². The van der Waals surface area contributed by atoms with Gasteiger partial charge in [0.05, 0.1) is 5.69 Å². The molecule has 0 aliphatic rings. The zero-order valence-corrected chi connectivity index (χ0v) is 9.16. The van der Waals surface area contributed by atoms with Crippen LogP contribution in [0, 0.1) is 3.57 Å². The maximum atomic E-state index is 10.7. The highest BCUT2D eigenvalue weighted by Gasteiger charge is 2.01. The molecule has 13 heavy (non-hydrogen) atoms. The van der Waals surface area contributed by atoms with Crippen molar-refractivity contribution >= 4 is 40.5 Å². The Balaban J connectivity index is 2.98. The summed E-state index contributed by atoms with van der Waals surface area (Å²) in [6.07, 6.45) is 0.777. The van der Waals surface area contributed by atoms with E-state index in [2.05, 4.69) is 27.9 Å². The lowest BCUT2D eigenvalue weighted by Gasteiger charge is -2.04. The van der Waals surface area contributed by atoms with E-state index in [0.717, 1.165) is 15.5 Å². The Kier molecular flexibility index (Phi) is 3.41. The van der Waals surface area contributed by atoms with Crippen molar-refractivity contribution in [3.8, 4) is 0 Å². The van der Waals surface area contributed by atoms with Crippen LogP contribution in [0.1, 0.15) is 17.3 Å². The first-order valence-electron chi connectivity index (χ1n) is 3.66. The Bertz CT molecular complexity index is 349. The maximum absolute atomic E-state index is 10.7. The van der Waals surface area contributed by atoms with Crippen molar-refractivity contribution in [3.05, 3.63) is 27.3 Å². The van der Waals surface area contributed by atoms with Gasteiger partial charge in [-0.3, -0.25) is 9.59 Å². The van der Waals surface area contributed by atoms with Crippen LogP contribution >= 0.6 is 22.6 Å². The second kappa shape index (κ2) is 4.36. The molecule has 0 saturated heterocycles. The molecule has 0 atom stereocenters. The summed E-state index contributed by atoms with van der Waals surface area (Å²) in [6, 6.07) is 5.10. The molecule has 0 fully saturated rings. The lowest BCUT2D eigenvalue weighted by Crippen LogP contribution is -2.07. The Morgan fingerprint density at radius 1 is 1.54 bits per heavy atom. The first kappa shape index (κ1) is 10.2. The highest BCUT2D eigenvalue weighted by molar-refractivity contribution is 14.1. The number of hydrogen-bond donors (Lipinski definition) is 1. The van der Waals surface area contributed by atoms with Crippen molar-refractivity contribution in [2.45, 2.75) is 6.92 Å². The SMILES string of the molecule is CC(=O)Nc1ccc(C=O)cc1I. The van der Waals surface area contributed by atoms with E-state index >= 15 is 0 Å². The zero-order chi connectivity index (χ0) is 9.84. The summed E-state index contributed by atoms with van der Waals surface area (Å²) in [4.78, 5) is 21.1. The second-order valence-electron chi connectivity index (χ2n) is 2.54. The minimum Gasteiger partial charge on any atom is -0.325 e. The number of amides is 1. The summed E-state index contributed by atoms with van der Waals surface area (Å²) in [5.41, 5.74) is 1.34. The van der Waals surface area contributed by atoms with Crippen LogP contribution in [-0.4, -0.2) is 12.2 Å². The average molecular weight is 289 g/mol. The van der Waals surface area contributed by atoms with Crippen LogP contribution in [0.2, 0.25) is 0 Å². The zero-order valence-electron chi connectivity index (χ0n) is 7.00. The van der Waals surface area contributed by atoms with Gasteiger partial charge in [-0.15, -0.1) is 0 Å². The van der Waals surface area contributed by atoms with E-state index in [0.29, 0.717) is 5.56 Å². The van der Waals surface area contributed by atoms with Crippen molar-refractivity contribution in [1.82, 2.24) is 0 Å². The third-order valence-corrected chi connectivity index (χ3v) is 2.33. The molecule has 0 spiro atoms. The van der Waals surface area contributed by atoms with E-state index in [4.69, 9.17) is 0 Å². The van der Waals surface area contributed by atoms with Crippen molar-refractivity contribution in [1.29, 1.82) is 0 Å². The number of aldehydes is 1. The average Bonchev–Trinajstić information content (AvgIpc) is 2.08. The molecule has 4 heteroatoms. The highest BCUT2D eigenvalue weighted by Crippen LogP contribution is 2.18. The van der Waals surface area contributed by atoms with E-state index in [9.17, 15) is 9.59 Å². The summed E-state index contributed by atoms with van der Waals surface area (Å²) in [5.74, 6) is -0.114. The van der Waals surface area contributed by atoms with Gasteiger partial charge < -0.3 is 5.32 Å². The number of halogens is 1. The number of hydrogen-bond acceptors (Lipinski definition) is 2. The van der Waals surface area contributed by atoms with Crippen LogP contribution < -0.4 is 5.32 Å². The number of rotatable bonds is 2. The van der Waals surface area contributed by atoms with E-state index in [1.54, 1.807) is 18.2 Å². The molecule has 1 amide bonds. The van der Waals surface area contributed by atoms with E-state index in [-0.39, 0.29) is 5.91 Å². The smallest absolute Gasteiger partial charge is 0.221 e. The normalized spacial score (nSPS) is 9.38. The molecule has 0 aliphatic heterocycles. The van der Waals surface area contributed by atoms with Crippen molar-refractivity contribution in [3.63, 3.8) is 0 Å². The lowest BCUT2D eigenvalue weighted by molar-refractivity contribution is -0.114. The van der Waals surface area contributed by atoms with Gasteiger partial charge >= 0.3 is 0 Å². The number of benzene rings is 1. The fourth-order valence-electron chi connectivity index (χ4n) is 0.896. The molecule has 68 valence electrons. The Morgan fingerprint density at radius 3 is 2.69 bits per heavy atom. The fraction of sp³-hybridized carbons (Fsp3) is 0.111. The molecule has 0 unspecified atom stereocenters. The molecule has 3 nitrogen and oxygen atoms in total. The second-order valence-corrected chi connectivity index (χ2v) is 3.70. The van der Waals surface area contributed by atoms with Gasteiger partial charge in [0.2, 0.25) is 5.91 Å². The van der Waals surface area contributed by atoms with Gasteiger partial charge in [-0.05, 0) is 40.8 Å². The first-order chi connectivity index (χ1) is 6.13. The van der Waals surface area contributed by atoms with Crippen LogP contribution in [0.3, 0.4) is 0 Å². The fourth-order valence-corrected chi connectivity index (χ4v) is 1.57. The predicted molar refractivity (Wildman–Crippen MR) is 58.9 cm³/mol. The largest absolute Gasteiger partial charge is 0.325 e. The van der Waals surface area contributed by atoms with Crippen LogP contribution in [0.15, 0.2) is 18.2 Å². The van der Waals surface area contributed by atoms with Crippen molar-refractivity contribution in [2.75, 3.05) is 5.32 Å². The predicted octanol–water partition coefficient (Wildman–Crippen LogP) is 2.06. The summed E-state index contributed by atoms with van der Waals surface area (Å²) < 4.78 is 0.859. The van der Waals surface area contributed by atoms with Gasteiger partial charge in [-0.2, -0.15) is 0 Å². The van der Waals surface area contributed by atoms with Crippen LogP contribution in [0.5, 0.6) is 0 Å². The Labute approximate surface area is 89.7 Å². The maximum Gasteiger partial charge on any atom is 0.221 e. The summed E-state index contributed by atoms with van der Waals surface area (Å²) >= 11 is 2.07. The molecule has 1 N–H and O–H groups in total. The molecule has 0 heterocycles. The lowest BCUT2D eigenvalue weighted by atomic mass is 10.2. The molecular formula is C9H8INO2. The minimum atomic E-state index is -0.114. The van der Waals surface area contributed by atoms with Crippen LogP contribution in [-0.2, 0) is 4.79 Å².